The van der Waals surface area contributed by atoms with Crippen molar-refractivity contribution in [2.45, 2.75) is 20.0 Å². The number of halogens is 1. The Morgan fingerprint density at radius 1 is 1.12 bits per heavy atom. The minimum Gasteiger partial charge on any atom is -0.459 e. The van der Waals surface area contributed by atoms with Crippen molar-refractivity contribution in [2.75, 3.05) is 0 Å². The molecule has 0 saturated carbocycles. The largest absolute Gasteiger partial charge is 0.459 e. The summed E-state index contributed by atoms with van der Waals surface area (Å²) in [5.41, 5.74) is 0.329. The van der Waals surface area contributed by atoms with E-state index in [-0.39, 0.29) is 16.7 Å². The first-order valence-electron chi connectivity index (χ1n) is 7.52. The molecule has 0 spiro atoms. The molecule has 0 aliphatic carbocycles. The molecule has 0 N–H and O–H groups in total. The molecular formula is C18H14ClNO4S. The van der Waals surface area contributed by atoms with Crippen LogP contribution in [0.3, 0.4) is 0 Å². The third-order valence-corrected chi connectivity index (χ3v) is 4.55. The summed E-state index contributed by atoms with van der Waals surface area (Å²) in [6.45, 7) is 3.51. The van der Waals surface area contributed by atoms with Crippen LogP contribution in [0.25, 0.3) is 10.2 Å². The molecule has 0 atom stereocenters. The maximum absolute atomic E-state index is 12.4. The molecule has 0 amide bonds. The van der Waals surface area contributed by atoms with E-state index in [1.807, 2.05) is 0 Å². The maximum atomic E-state index is 12.4. The lowest BCUT2D eigenvalue weighted by Crippen LogP contribution is -2.14. The van der Waals surface area contributed by atoms with Crippen molar-refractivity contribution in [2.24, 2.45) is 0 Å². The summed E-state index contributed by atoms with van der Waals surface area (Å²) in [4.78, 5) is 29.8. The lowest BCUT2D eigenvalue weighted by Gasteiger charge is -2.09. The van der Waals surface area contributed by atoms with Gasteiger partial charge in [-0.1, -0.05) is 11.6 Å². The maximum Gasteiger partial charge on any atom is 0.352 e. The normalized spacial score (nSPS) is 10.9. The number of carbonyl (C=O) groups excluding carboxylic acids is 2. The monoisotopic (exact) mass is 375 g/mol. The van der Waals surface area contributed by atoms with E-state index in [0.717, 1.165) is 11.3 Å². The van der Waals surface area contributed by atoms with Gasteiger partial charge in [-0.15, -0.1) is 11.3 Å². The zero-order chi connectivity index (χ0) is 18.0. The summed E-state index contributed by atoms with van der Waals surface area (Å²) >= 11 is 6.96. The van der Waals surface area contributed by atoms with Gasteiger partial charge < -0.3 is 9.47 Å². The highest BCUT2D eigenvalue weighted by Gasteiger charge is 2.25. The molecule has 0 unspecified atom stereocenters. The van der Waals surface area contributed by atoms with Crippen LogP contribution in [0.4, 0.5) is 0 Å². The number of nitrogens with zero attached hydrogens (tertiary/aromatic N) is 1. The Hall–Kier alpha value is -2.44. The lowest BCUT2D eigenvalue weighted by atomic mass is 10.2. The summed E-state index contributed by atoms with van der Waals surface area (Å²) < 4.78 is 10.8. The van der Waals surface area contributed by atoms with Crippen LogP contribution < -0.4 is 4.74 Å². The second kappa shape index (κ2) is 7.21. The average Bonchev–Trinajstić information content (AvgIpc) is 2.94. The van der Waals surface area contributed by atoms with E-state index in [2.05, 4.69) is 4.98 Å². The molecule has 0 aliphatic heterocycles. The van der Waals surface area contributed by atoms with Crippen LogP contribution in [-0.4, -0.2) is 23.0 Å². The molecule has 3 rings (SSSR count). The molecule has 0 radical (unpaired) electrons. The number of pyridine rings is 1. The molecule has 128 valence electrons. The second-order valence-corrected chi connectivity index (χ2v) is 6.90. The molecule has 7 heteroatoms. The minimum absolute atomic E-state index is 0.165. The zero-order valence-electron chi connectivity index (χ0n) is 13.5. The predicted octanol–water partition coefficient (Wildman–Crippen LogP) is 4.73. The van der Waals surface area contributed by atoms with Crippen LogP contribution in [0.2, 0.25) is 5.02 Å². The van der Waals surface area contributed by atoms with E-state index >= 15 is 0 Å². The molecule has 2 heterocycles. The molecule has 5 nitrogen and oxygen atoms in total. The van der Waals surface area contributed by atoms with E-state index < -0.39 is 11.9 Å². The standard InChI is InChI=1S/C18H14ClNO4S/c1-10(2)23-18(22)15-14(13-4-3-9-20-16(13)25-15)24-17(21)11-5-7-12(19)8-6-11/h3-10H,1-2H3. The van der Waals surface area contributed by atoms with Crippen LogP contribution >= 0.6 is 22.9 Å². The van der Waals surface area contributed by atoms with Gasteiger partial charge in [0.25, 0.3) is 0 Å². The summed E-state index contributed by atoms with van der Waals surface area (Å²) in [7, 11) is 0. The smallest absolute Gasteiger partial charge is 0.352 e. The van der Waals surface area contributed by atoms with Crippen molar-refractivity contribution >= 4 is 45.1 Å². The molecule has 0 saturated heterocycles. The SMILES string of the molecule is CC(C)OC(=O)c1sc2ncccc2c1OC(=O)c1ccc(Cl)cc1. The topological polar surface area (TPSA) is 65.5 Å². The van der Waals surface area contributed by atoms with Crippen LogP contribution in [0.1, 0.15) is 33.9 Å². The van der Waals surface area contributed by atoms with E-state index in [1.165, 1.54) is 0 Å². The minimum atomic E-state index is -0.584. The van der Waals surface area contributed by atoms with Crippen molar-refractivity contribution < 1.29 is 19.1 Å². The van der Waals surface area contributed by atoms with Crippen LogP contribution in [0, 0.1) is 0 Å². The first-order valence-corrected chi connectivity index (χ1v) is 8.71. The molecular weight excluding hydrogens is 362 g/mol. The number of hydrogen-bond donors (Lipinski definition) is 0. The Labute approximate surface area is 153 Å². The Morgan fingerprint density at radius 3 is 2.52 bits per heavy atom. The van der Waals surface area contributed by atoms with Gasteiger partial charge in [-0.3, -0.25) is 0 Å². The van der Waals surface area contributed by atoms with Gasteiger partial charge in [0, 0.05) is 11.2 Å². The Kier molecular flexibility index (Phi) is 5.01. The van der Waals surface area contributed by atoms with Crippen LogP contribution in [-0.2, 0) is 4.74 Å². The number of carbonyl (C=O) groups is 2. The number of fused-ring (bicyclic) bond motifs is 1. The summed E-state index contributed by atoms with van der Waals surface area (Å²) in [6, 6.07) is 9.77. The van der Waals surface area contributed by atoms with E-state index in [1.54, 1.807) is 56.4 Å². The van der Waals surface area contributed by atoms with Gasteiger partial charge in [-0.2, -0.15) is 0 Å². The molecule has 0 bridgehead atoms. The quantitative estimate of drug-likeness (QED) is 0.616. The number of rotatable bonds is 4. The zero-order valence-corrected chi connectivity index (χ0v) is 15.1. The number of aromatic nitrogens is 1. The van der Waals surface area contributed by atoms with Gasteiger partial charge in [-0.05, 0) is 50.2 Å². The predicted molar refractivity (Wildman–Crippen MR) is 96.6 cm³/mol. The van der Waals surface area contributed by atoms with Crippen LogP contribution in [0.15, 0.2) is 42.6 Å². The summed E-state index contributed by atoms with van der Waals surface area (Å²) in [5, 5.41) is 1.11. The van der Waals surface area contributed by atoms with Gasteiger partial charge in [0.05, 0.1) is 17.1 Å². The molecule has 25 heavy (non-hydrogen) atoms. The van der Waals surface area contributed by atoms with Crippen molar-refractivity contribution in [1.29, 1.82) is 0 Å². The van der Waals surface area contributed by atoms with Crippen molar-refractivity contribution in [3.63, 3.8) is 0 Å². The Balaban J connectivity index is 2.00. The Bertz CT molecular complexity index is 934. The van der Waals surface area contributed by atoms with Gasteiger partial charge in [0.2, 0.25) is 0 Å². The lowest BCUT2D eigenvalue weighted by molar-refractivity contribution is 0.0380. The third kappa shape index (κ3) is 3.81. The van der Waals surface area contributed by atoms with Gasteiger partial charge >= 0.3 is 11.9 Å². The molecule has 0 aliphatic rings. The first kappa shape index (κ1) is 17.4. The van der Waals surface area contributed by atoms with Gasteiger partial charge in [-0.25, -0.2) is 14.6 Å². The van der Waals surface area contributed by atoms with Gasteiger partial charge in [0.1, 0.15) is 4.83 Å². The number of thiophene rings is 1. The summed E-state index contributed by atoms with van der Waals surface area (Å²) in [6.07, 6.45) is 1.33. The fraction of sp³-hybridized carbons (Fsp3) is 0.167. The van der Waals surface area contributed by atoms with Crippen molar-refractivity contribution in [3.8, 4) is 5.75 Å². The fourth-order valence-corrected chi connectivity index (χ4v) is 3.23. The van der Waals surface area contributed by atoms with Crippen molar-refractivity contribution in [3.05, 3.63) is 58.1 Å². The average molecular weight is 376 g/mol. The molecule has 2 aromatic heterocycles. The number of benzene rings is 1. The summed E-state index contributed by atoms with van der Waals surface area (Å²) in [5.74, 6) is -0.963. The molecule has 3 aromatic rings. The van der Waals surface area contributed by atoms with Crippen molar-refractivity contribution in [1.82, 2.24) is 4.98 Å². The van der Waals surface area contributed by atoms with E-state index in [4.69, 9.17) is 21.1 Å². The van der Waals surface area contributed by atoms with E-state index in [0.29, 0.717) is 20.8 Å². The number of hydrogen-bond acceptors (Lipinski definition) is 6. The van der Waals surface area contributed by atoms with Crippen LogP contribution in [0.5, 0.6) is 5.75 Å². The highest BCUT2D eigenvalue weighted by atomic mass is 35.5. The number of ether oxygens (including phenoxy) is 2. The van der Waals surface area contributed by atoms with E-state index in [9.17, 15) is 9.59 Å². The highest BCUT2D eigenvalue weighted by Crippen LogP contribution is 2.37. The highest BCUT2D eigenvalue weighted by molar-refractivity contribution is 7.20. The fourth-order valence-electron chi connectivity index (χ4n) is 2.15. The number of esters is 2. The Morgan fingerprint density at radius 2 is 1.84 bits per heavy atom. The first-order chi connectivity index (χ1) is 12.0. The molecule has 0 fully saturated rings. The van der Waals surface area contributed by atoms with Gasteiger partial charge in [0.15, 0.2) is 10.6 Å². The molecule has 1 aromatic carbocycles. The second-order valence-electron chi connectivity index (χ2n) is 5.47. The third-order valence-electron chi connectivity index (χ3n) is 3.22.